The van der Waals surface area contributed by atoms with E-state index in [-0.39, 0.29) is 11.1 Å². The van der Waals surface area contributed by atoms with Crippen LogP contribution in [-0.2, 0) is 10.0 Å². The van der Waals surface area contributed by atoms with Crippen LogP contribution in [0.15, 0.2) is 41.8 Å². The lowest BCUT2D eigenvalue weighted by Gasteiger charge is -2.13. The molecule has 0 aliphatic carbocycles. The number of aromatic amines is 1. The van der Waals surface area contributed by atoms with Crippen LogP contribution in [0.1, 0.15) is 18.5 Å². The standard InChI is InChI=1S/C11H12ClN3O2S/c1-8(9-2-4-10(12)5-3-9)15-18(16,17)11-6-13-7-14-11/h2-8,15H,1H3,(H,13,14). The first-order valence-corrected chi connectivity index (χ1v) is 7.11. The van der Waals surface area contributed by atoms with E-state index in [4.69, 9.17) is 11.6 Å². The summed E-state index contributed by atoms with van der Waals surface area (Å²) < 4.78 is 26.4. The molecule has 1 aromatic carbocycles. The third kappa shape index (κ3) is 2.90. The zero-order chi connectivity index (χ0) is 13.2. The average molecular weight is 286 g/mol. The van der Waals surface area contributed by atoms with Gasteiger partial charge in [-0.2, -0.15) is 0 Å². The van der Waals surface area contributed by atoms with Gasteiger partial charge in [0, 0.05) is 11.1 Å². The van der Waals surface area contributed by atoms with Crippen LogP contribution in [0.3, 0.4) is 0 Å². The van der Waals surface area contributed by atoms with Crippen molar-refractivity contribution in [1.82, 2.24) is 14.7 Å². The Morgan fingerprint density at radius 3 is 2.56 bits per heavy atom. The molecular formula is C11H12ClN3O2S. The van der Waals surface area contributed by atoms with Gasteiger partial charge in [-0.05, 0) is 24.6 Å². The molecule has 0 saturated heterocycles. The van der Waals surface area contributed by atoms with Crippen LogP contribution in [0.4, 0.5) is 0 Å². The molecule has 18 heavy (non-hydrogen) atoms. The summed E-state index contributed by atoms with van der Waals surface area (Å²) >= 11 is 5.78. The zero-order valence-corrected chi connectivity index (χ0v) is 11.2. The summed E-state index contributed by atoms with van der Waals surface area (Å²) in [5, 5.41) is 0.658. The summed E-state index contributed by atoms with van der Waals surface area (Å²) in [7, 11) is -3.58. The van der Waals surface area contributed by atoms with Gasteiger partial charge in [0.05, 0.1) is 12.5 Å². The summed E-state index contributed by atoms with van der Waals surface area (Å²) in [6, 6.07) is 6.65. The fraction of sp³-hybridized carbons (Fsp3) is 0.182. The molecule has 0 aliphatic heterocycles. The molecule has 5 nitrogen and oxygen atoms in total. The summed E-state index contributed by atoms with van der Waals surface area (Å²) in [6.07, 6.45) is 2.58. The molecule has 7 heteroatoms. The van der Waals surface area contributed by atoms with Crippen molar-refractivity contribution in [3.05, 3.63) is 47.4 Å². The second kappa shape index (κ2) is 5.09. The summed E-state index contributed by atoms with van der Waals surface area (Å²) in [4.78, 5) is 6.25. The summed E-state index contributed by atoms with van der Waals surface area (Å²) in [5.41, 5.74) is 0.836. The monoisotopic (exact) mass is 285 g/mol. The number of hydrogen-bond acceptors (Lipinski definition) is 3. The molecule has 2 N–H and O–H groups in total. The minimum Gasteiger partial charge on any atom is -0.335 e. The van der Waals surface area contributed by atoms with Crippen molar-refractivity contribution in [2.75, 3.05) is 0 Å². The van der Waals surface area contributed by atoms with Gasteiger partial charge in [0.15, 0.2) is 5.03 Å². The quantitative estimate of drug-likeness (QED) is 0.903. The molecule has 0 amide bonds. The molecule has 96 valence electrons. The Hall–Kier alpha value is -1.37. The Morgan fingerprint density at radius 2 is 2.00 bits per heavy atom. The third-order valence-corrected chi connectivity index (χ3v) is 4.18. The molecule has 0 radical (unpaired) electrons. The van der Waals surface area contributed by atoms with E-state index in [0.29, 0.717) is 5.02 Å². The Labute approximate surface area is 110 Å². The number of halogens is 1. The minimum atomic E-state index is -3.58. The largest absolute Gasteiger partial charge is 0.335 e. The first-order valence-electron chi connectivity index (χ1n) is 5.25. The van der Waals surface area contributed by atoms with Gasteiger partial charge in [0.1, 0.15) is 0 Å². The van der Waals surface area contributed by atoms with Crippen LogP contribution in [0.5, 0.6) is 0 Å². The van der Waals surface area contributed by atoms with Crippen molar-refractivity contribution in [2.24, 2.45) is 0 Å². The molecule has 0 bridgehead atoms. The van der Waals surface area contributed by atoms with Gasteiger partial charge >= 0.3 is 0 Å². The number of imidazole rings is 1. The highest BCUT2D eigenvalue weighted by atomic mass is 35.5. The van der Waals surface area contributed by atoms with Gasteiger partial charge < -0.3 is 4.98 Å². The van der Waals surface area contributed by atoms with Crippen molar-refractivity contribution >= 4 is 21.6 Å². The average Bonchev–Trinajstić information content (AvgIpc) is 2.83. The minimum absolute atomic E-state index is 0.0447. The van der Waals surface area contributed by atoms with E-state index in [2.05, 4.69) is 14.7 Å². The van der Waals surface area contributed by atoms with Crippen molar-refractivity contribution < 1.29 is 8.42 Å². The molecule has 1 aromatic heterocycles. The fourth-order valence-corrected chi connectivity index (χ4v) is 2.77. The highest BCUT2D eigenvalue weighted by Gasteiger charge is 2.19. The molecule has 0 spiro atoms. The summed E-state index contributed by atoms with van der Waals surface area (Å²) in [5.74, 6) is 0. The normalized spacial score (nSPS) is 13.4. The number of rotatable bonds is 4. The molecule has 0 saturated carbocycles. The molecule has 2 rings (SSSR count). The molecule has 0 fully saturated rings. The maximum atomic E-state index is 11.9. The Bertz CT molecular complexity index is 608. The molecule has 1 unspecified atom stereocenters. The lowest BCUT2D eigenvalue weighted by atomic mass is 10.1. The van der Waals surface area contributed by atoms with Crippen LogP contribution < -0.4 is 4.72 Å². The number of hydrogen-bond donors (Lipinski definition) is 2. The number of nitrogens with one attached hydrogen (secondary N) is 2. The van der Waals surface area contributed by atoms with Crippen LogP contribution in [0.2, 0.25) is 5.02 Å². The highest BCUT2D eigenvalue weighted by molar-refractivity contribution is 7.89. The van der Waals surface area contributed by atoms with Crippen LogP contribution in [-0.4, -0.2) is 18.4 Å². The van der Waals surface area contributed by atoms with Gasteiger partial charge in [-0.25, -0.2) is 18.1 Å². The highest BCUT2D eigenvalue weighted by Crippen LogP contribution is 2.18. The molecule has 2 aromatic rings. The smallest absolute Gasteiger partial charge is 0.258 e. The number of aromatic nitrogens is 2. The van der Waals surface area contributed by atoms with Crippen molar-refractivity contribution in [2.45, 2.75) is 18.0 Å². The Kier molecular flexibility index (Phi) is 3.70. The van der Waals surface area contributed by atoms with E-state index in [0.717, 1.165) is 5.56 Å². The van der Waals surface area contributed by atoms with Crippen LogP contribution >= 0.6 is 11.6 Å². The predicted molar refractivity (Wildman–Crippen MR) is 68.8 cm³/mol. The number of H-pyrrole nitrogens is 1. The molecule has 1 heterocycles. The van der Waals surface area contributed by atoms with Crippen molar-refractivity contribution in [1.29, 1.82) is 0 Å². The lowest BCUT2D eigenvalue weighted by molar-refractivity contribution is 0.564. The van der Waals surface area contributed by atoms with Crippen molar-refractivity contribution in [3.63, 3.8) is 0 Å². The van der Waals surface area contributed by atoms with Crippen LogP contribution in [0, 0.1) is 0 Å². The predicted octanol–water partition coefficient (Wildman–Crippen LogP) is 2.10. The van der Waals surface area contributed by atoms with Gasteiger partial charge in [-0.15, -0.1) is 0 Å². The SMILES string of the molecule is CC(NS(=O)(=O)c1cnc[nH]1)c1ccc(Cl)cc1. The number of nitrogens with zero attached hydrogens (tertiary/aromatic N) is 1. The lowest BCUT2D eigenvalue weighted by Crippen LogP contribution is -2.27. The number of benzene rings is 1. The topological polar surface area (TPSA) is 74.8 Å². The van der Waals surface area contributed by atoms with E-state index in [1.807, 2.05) is 0 Å². The van der Waals surface area contributed by atoms with E-state index in [1.165, 1.54) is 12.5 Å². The van der Waals surface area contributed by atoms with Crippen molar-refractivity contribution in [3.8, 4) is 0 Å². The Morgan fingerprint density at radius 1 is 1.33 bits per heavy atom. The van der Waals surface area contributed by atoms with Gasteiger partial charge in [0.25, 0.3) is 10.0 Å². The Balaban J connectivity index is 2.17. The molecular weight excluding hydrogens is 274 g/mol. The van der Waals surface area contributed by atoms with Gasteiger partial charge in [0.2, 0.25) is 0 Å². The van der Waals surface area contributed by atoms with E-state index in [1.54, 1.807) is 31.2 Å². The van der Waals surface area contributed by atoms with Gasteiger partial charge in [-0.3, -0.25) is 0 Å². The summed E-state index contributed by atoms with van der Waals surface area (Å²) in [6.45, 7) is 1.76. The third-order valence-electron chi connectivity index (χ3n) is 2.46. The van der Waals surface area contributed by atoms with Gasteiger partial charge in [-0.1, -0.05) is 23.7 Å². The van der Waals surface area contributed by atoms with E-state index >= 15 is 0 Å². The maximum Gasteiger partial charge on any atom is 0.258 e. The number of sulfonamides is 1. The molecule has 1 atom stereocenters. The molecule has 0 aliphatic rings. The zero-order valence-electron chi connectivity index (χ0n) is 9.59. The van der Waals surface area contributed by atoms with Crippen LogP contribution in [0.25, 0.3) is 0 Å². The second-order valence-corrected chi connectivity index (χ2v) is 5.93. The first-order chi connectivity index (χ1) is 8.49. The van der Waals surface area contributed by atoms with E-state index in [9.17, 15) is 8.42 Å². The fourth-order valence-electron chi connectivity index (χ4n) is 1.51. The van der Waals surface area contributed by atoms with E-state index < -0.39 is 10.0 Å². The second-order valence-electron chi connectivity index (χ2n) is 3.81. The maximum absolute atomic E-state index is 11.9. The first kappa shape index (κ1) is 13.1.